The highest BCUT2D eigenvalue weighted by Crippen LogP contribution is 2.35. The second-order valence-corrected chi connectivity index (χ2v) is 6.80. The zero-order valence-electron chi connectivity index (χ0n) is 14.0. The van der Waals surface area contributed by atoms with Crippen LogP contribution in [0.15, 0.2) is 23.6 Å². The molecule has 0 bridgehead atoms. The van der Waals surface area contributed by atoms with Crippen molar-refractivity contribution >= 4 is 34.8 Å². The highest BCUT2D eigenvalue weighted by Gasteiger charge is 2.30. The van der Waals surface area contributed by atoms with Gasteiger partial charge in [0.1, 0.15) is 19.3 Å². The molecule has 140 valence electrons. The van der Waals surface area contributed by atoms with Gasteiger partial charge in [0.2, 0.25) is 0 Å². The number of thiazole rings is 1. The van der Waals surface area contributed by atoms with Crippen molar-refractivity contribution < 1.29 is 19.0 Å². The van der Waals surface area contributed by atoms with Crippen molar-refractivity contribution in [3.05, 3.63) is 23.6 Å². The van der Waals surface area contributed by atoms with Gasteiger partial charge in [0.25, 0.3) is 5.91 Å². The van der Waals surface area contributed by atoms with Gasteiger partial charge < -0.3 is 19.9 Å². The Bertz CT molecular complexity index is 785. The number of carbonyl (C=O) groups excluding carboxylic acids is 1. The number of nitrogens with one attached hydrogen (secondary N) is 1. The van der Waals surface area contributed by atoms with Gasteiger partial charge in [-0.2, -0.15) is 0 Å². The fourth-order valence-electron chi connectivity index (χ4n) is 2.92. The summed E-state index contributed by atoms with van der Waals surface area (Å²) in [4.78, 5) is 16.8. The normalized spacial score (nSPS) is 21.1. The van der Waals surface area contributed by atoms with E-state index in [0.29, 0.717) is 31.3 Å². The van der Waals surface area contributed by atoms with Crippen molar-refractivity contribution in [2.24, 2.45) is 5.73 Å². The second-order valence-electron chi connectivity index (χ2n) is 5.95. The number of halogens is 1. The number of benzene rings is 1. The molecule has 1 aromatic carbocycles. The molecule has 1 aromatic heterocycles. The first-order chi connectivity index (χ1) is 12.2. The van der Waals surface area contributed by atoms with Crippen LogP contribution in [0.2, 0.25) is 0 Å². The molecule has 26 heavy (non-hydrogen) atoms. The Balaban J connectivity index is 0.00000196. The molecule has 2 aromatic rings. The van der Waals surface area contributed by atoms with Crippen LogP contribution in [0.1, 0.15) is 12.8 Å². The molecule has 1 amide bonds. The van der Waals surface area contributed by atoms with E-state index in [2.05, 4.69) is 10.3 Å². The molecule has 2 atom stereocenters. The van der Waals surface area contributed by atoms with Crippen LogP contribution >= 0.6 is 23.7 Å². The Morgan fingerprint density at radius 3 is 2.85 bits per heavy atom. The van der Waals surface area contributed by atoms with Gasteiger partial charge >= 0.3 is 0 Å². The standard InChI is InChI=1S/C17H19N3O4S.ClH/c18-8-11-2-4-14(24-11)16(21)20-17-19-12(9-25-17)10-1-3-13-15(7-10)23-6-5-22-13;/h1,3,7,9,11,14H,2,4-6,8,18H2,(H,19,20,21);1H/t11-,14+;/m1./s1. The van der Waals surface area contributed by atoms with Crippen molar-refractivity contribution in [2.75, 3.05) is 25.1 Å². The number of carbonyl (C=O) groups is 1. The third-order valence-electron chi connectivity index (χ3n) is 4.24. The zero-order chi connectivity index (χ0) is 17.2. The summed E-state index contributed by atoms with van der Waals surface area (Å²) in [5.41, 5.74) is 7.28. The summed E-state index contributed by atoms with van der Waals surface area (Å²) >= 11 is 1.38. The molecule has 4 rings (SSSR count). The number of fused-ring (bicyclic) bond motifs is 1. The summed E-state index contributed by atoms with van der Waals surface area (Å²) in [5.74, 6) is 1.29. The third-order valence-corrected chi connectivity index (χ3v) is 4.99. The lowest BCUT2D eigenvalue weighted by Gasteiger charge is -2.18. The first kappa shape index (κ1) is 18.9. The van der Waals surface area contributed by atoms with Gasteiger partial charge in [0, 0.05) is 17.5 Å². The summed E-state index contributed by atoms with van der Waals surface area (Å²) in [6.07, 6.45) is 1.03. The number of ether oxygens (including phenoxy) is 3. The number of rotatable bonds is 4. The number of hydrogen-bond acceptors (Lipinski definition) is 7. The van der Waals surface area contributed by atoms with Crippen molar-refractivity contribution in [2.45, 2.75) is 25.0 Å². The molecule has 0 aliphatic carbocycles. The highest BCUT2D eigenvalue weighted by atomic mass is 35.5. The monoisotopic (exact) mass is 397 g/mol. The van der Waals surface area contributed by atoms with Gasteiger partial charge in [-0.15, -0.1) is 23.7 Å². The van der Waals surface area contributed by atoms with Crippen molar-refractivity contribution in [3.8, 4) is 22.8 Å². The molecule has 7 nitrogen and oxygen atoms in total. The topological polar surface area (TPSA) is 95.7 Å². The number of amides is 1. The van der Waals surface area contributed by atoms with E-state index in [1.807, 2.05) is 23.6 Å². The maximum absolute atomic E-state index is 12.3. The molecule has 0 radical (unpaired) electrons. The van der Waals surface area contributed by atoms with Crippen LogP contribution in [-0.2, 0) is 9.53 Å². The summed E-state index contributed by atoms with van der Waals surface area (Å²) in [6, 6.07) is 5.71. The van der Waals surface area contributed by atoms with Gasteiger partial charge in [-0.1, -0.05) is 0 Å². The van der Waals surface area contributed by atoms with Gasteiger partial charge in [-0.3, -0.25) is 10.1 Å². The molecule has 3 heterocycles. The molecule has 1 fully saturated rings. The van der Waals surface area contributed by atoms with E-state index in [1.54, 1.807) is 0 Å². The van der Waals surface area contributed by atoms with E-state index in [4.69, 9.17) is 19.9 Å². The molecular formula is C17H20ClN3O4S. The molecule has 0 spiro atoms. The Kier molecular flexibility index (Phi) is 5.98. The van der Waals surface area contributed by atoms with Crippen molar-refractivity contribution in [1.29, 1.82) is 0 Å². The third kappa shape index (κ3) is 3.93. The SMILES string of the molecule is Cl.NC[C@H]1CC[C@@H](C(=O)Nc2nc(-c3ccc4c(c3)OCCO4)cs2)O1. The van der Waals surface area contributed by atoms with Gasteiger partial charge in [-0.25, -0.2) is 4.98 Å². The number of nitrogens with two attached hydrogens (primary N) is 1. The van der Waals surface area contributed by atoms with E-state index in [1.165, 1.54) is 11.3 Å². The maximum Gasteiger partial charge on any atom is 0.255 e. The lowest BCUT2D eigenvalue weighted by Crippen LogP contribution is -2.29. The zero-order valence-corrected chi connectivity index (χ0v) is 15.6. The Hall–Kier alpha value is -1.87. The van der Waals surface area contributed by atoms with Crippen molar-refractivity contribution in [3.63, 3.8) is 0 Å². The van der Waals surface area contributed by atoms with E-state index in [-0.39, 0.29) is 24.4 Å². The second kappa shape index (κ2) is 8.22. The molecule has 0 saturated carbocycles. The fourth-order valence-corrected chi connectivity index (χ4v) is 3.65. The quantitative estimate of drug-likeness (QED) is 0.822. The molecule has 9 heteroatoms. The number of hydrogen-bond donors (Lipinski definition) is 2. The van der Waals surface area contributed by atoms with Crippen LogP contribution in [0.3, 0.4) is 0 Å². The van der Waals surface area contributed by atoms with Crippen LogP contribution in [0.4, 0.5) is 5.13 Å². The number of nitrogens with zero attached hydrogens (tertiary/aromatic N) is 1. The fraction of sp³-hybridized carbons (Fsp3) is 0.412. The number of anilines is 1. The predicted molar refractivity (Wildman–Crippen MR) is 101 cm³/mol. The van der Waals surface area contributed by atoms with Gasteiger partial charge in [0.15, 0.2) is 16.6 Å². The average molecular weight is 398 g/mol. The minimum atomic E-state index is -0.449. The molecule has 2 aliphatic rings. The van der Waals surface area contributed by atoms with Crippen LogP contribution in [0, 0.1) is 0 Å². The molecular weight excluding hydrogens is 378 g/mol. The Labute approximate surface area is 161 Å². The van der Waals surface area contributed by atoms with Crippen molar-refractivity contribution in [1.82, 2.24) is 4.98 Å². The van der Waals surface area contributed by atoms with Gasteiger partial charge in [-0.05, 0) is 31.0 Å². The molecule has 0 unspecified atom stereocenters. The lowest BCUT2D eigenvalue weighted by atomic mass is 10.1. The first-order valence-electron chi connectivity index (χ1n) is 8.25. The Morgan fingerprint density at radius 1 is 1.27 bits per heavy atom. The smallest absolute Gasteiger partial charge is 0.255 e. The Morgan fingerprint density at radius 2 is 2.08 bits per heavy atom. The van der Waals surface area contributed by atoms with Crippen LogP contribution in [0.5, 0.6) is 11.5 Å². The molecule has 2 aliphatic heterocycles. The summed E-state index contributed by atoms with van der Waals surface area (Å²) < 4.78 is 16.7. The highest BCUT2D eigenvalue weighted by molar-refractivity contribution is 7.14. The van der Waals surface area contributed by atoms with Crippen LogP contribution < -0.4 is 20.5 Å². The summed E-state index contributed by atoms with van der Waals surface area (Å²) in [7, 11) is 0. The minimum Gasteiger partial charge on any atom is -0.486 e. The number of aromatic nitrogens is 1. The van der Waals surface area contributed by atoms with Crippen LogP contribution in [-0.4, -0.2) is 42.9 Å². The average Bonchev–Trinajstić information content (AvgIpc) is 3.30. The van der Waals surface area contributed by atoms with E-state index < -0.39 is 6.10 Å². The lowest BCUT2D eigenvalue weighted by molar-refractivity contribution is -0.126. The molecule has 3 N–H and O–H groups in total. The maximum atomic E-state index is 12.3. The van der Waals surface area contributed by atoms with Gasteiger partial charge in [0.05, 0.1) is 11.8 Å². The molecule has 1 saturated heterocycles. The van der Waals surface area contributed by atoms with E-state index >= 15 is 0 Å². The minimum absolute atomic E-state index is 0. The first-order valence-corrected chi connectivity index (χ1v) is 9.13. The van der Waals surface area contributed by atoms with E-state index in [0.717, 1.165) is 29.2 Å². The summed E-state index contributed by atoms with van der Waals surface area (Å²) in [6.45, 7) is 1.54. The van der Waals surface area contributed by atoms with E-state index in [9.17, 15) is 4.79 Å². The van der Waals surface area contributed by atoms with Crippen LogP contribution in [0.25, 0.3) is 11.3 Å². The predicted octanol–water partition coefficient (Wildman–Crippen LogP) is 2.45. The largest absolute Gasteiger partial charge is 0.486 e. The summed E-state index contributed by atoms with van der Waals surface area (Å²) in [5, 5.41) is 5.28.